The summed E-state index contributed by atoms with van der Waals surface area (Å²) in [6, 6.07) is 14.3. The first kappa shape index (κ1) is 14.9. The number of ether oxygens (including phenoxy) is 1. The number of phenolic OH excluding ortho intramolecular Hbond substituents is 1. The summed E-state index contributed by atoms with van der Waals surface area (Å²) in [5, 5.41) is 12.3. The van der Waals surface area contributed by atoms with Gasteiger partial charge in [-0.25, -0.2) is 4.98 Å². The van der Waals surface area contributed by atoms with E-state index in [1.807, 2.05) is 24.3 Å². The zero-order valence-electron chi connectivity index (χ0n) is 12.5. The van der Waals surface area contributed by atoms with Crippen LogP contribution in [0.2, 0.25) is 0 Å². The average Bonchev–Trinajstić information content (AvgIpc) is 2.97. The second kappa shape index (κ2) is 6.83. The van der Waals surface area contributed by atoms with Crippen LogP contribution in [0.1, 0.15) is 5.82 Å². The largest absolute Gasteiger partial charge is 0.504 e. The minimum absolute atomic E-state index is 0.0163. The molecule has 6 nitrogen and oxygen atoms in total. The van der Waals surface area contributed by atoms with Crippen molar-refractivity contribution in [3.63, 3.8) is 0 Å². The van der Waals surface area contributed by atoms with Crippen LogP contribution in [0.25, 0.3) is 11.0 Å². The number of carbonyl (C=O) groups excluding carboxylic acids is 1. The first-order chi connectivity index (χ1) is 11.2. The zero-order chi connectivity index (χ0) is 16.1. The Morgan fingerprint density at radius 1 is 1.17 bits per heavy atom. The normalized spacial score (nSPS) is 10.6. The molecule has 3 rings (SSSR count). The number of imidazole rings is 1. The van der Waals surface area contributed by atoms with Crippen molar-refractivity contribution in [2.75, 3.05) is 13.2 Å². The van der Waals surface area contributed by atoms with Gasteiger partial charge in [-0.15, -0.1) is 0 Å². The highest BCUT2D eigenvalue weighted by Gasteiger charge is 2.06. The number of amides is 1. The Morgan fingerprint density at radius 2 is 1.96 bits per heavy atom. The molecular weight excluding hydrogens is 294 g/mol. The maximum atomic E-state index is 11.7. The molecule has 1 heterocycles. The highest BCUT2D eigenvalue weighted by Crippen LogP contribution is 2.23. The zero-order valence-corrected chi connectivity index (χ0v) is 12.5. The molecule has 0 aliphatic carbocycles. The number of carbonyl (C=O) groups is 1. The van der Waals surface area contributed by atoms with Crippen LogP contribution in [-0.4, -0.2) is 34.1 Å². The van der Waals surface area contributed by atoms with Crippen LogP contribution in [0.15, 0.2) is 48.5 Å². The highest BCUT2D eigenvalue weighted by molar-refractivity contribution is 5.77. The fraction of sp³-hybridized carbons (Fsp3) is 0.176. The number of hydrogen-bond acceptors (Lipinski definition) is 4. The van der Waals surface area contributed by atoms with E-state index in [0.717, 1.165) is 16.9 Å². The second-order valence-corrected chi connectivity index (χ2v) is 5.06. The number of H-pyrrole nitrogens is 1. The van der Waals surface area contributed by atoms with Crippen LogP contribution in [-0.2, 0) is 11.2 Å². The molecule has 0 fully saturated rings. The van der Waals surface area contributed by atoms with Crippen LogP contribution in [0.3, 0.4) is 0 Å². The number of hydrogen-bond donors (Lipinski definition) is 3. The topological polar surface area (TPSA) is 87.2 Å². The van der Waals surface area contributed by atoms with Crippen molar-refractivity contribution >= 4 is 16.9 Å². The van der Waals surface area contributed by atoms with Crippen LogP contribution in [0, 0.1) is 0 Å². The molecule has 0 aliphatic heterocycles. The lowest BCUT2D eigenvalue weighted by Crippen LogP contribution is -2.30. The van der Waals surface area contributed by atoms with E-state index >= 15 is 0 Å². The van der Waals surface area contributed by atoms with E-state index in [-0.39, 0.29) is 18.3 Å². The van der Waals surface area contributed by atoms with E-state index in [2.05, 4.69) is 15.3 Å². The van der Waals surface area contributed by atoms with Gasteiger partial charge in [0, 0.05) is 13.0 Å². The molecule has 1 aromatic heterocycles. The van der Waals surface area contributed by atoms with Gasteiger partial charge in [0.15, 0.2) is 18.1 Å². The van der Waals surface area contributed by atoms with E-state index in [0.29, 0.717) is 18.7 Å². The van der Waals surface area contributed by atoms with Crippen molar-refractivity contribution in [2.24, 2.45) is 0 Å². The molecule has 118 valence electrons. The predicted molar refractivity (Wildman–Crippen MR) is 86.4 cm³/mol. The monoisotopic (exact) mass is 311 g/mol. The van der Waals surface area contributed by atoms with Crippen molar-refractivity contribution in [2.45, 2.75) is 6.42 Å². The van der Waals surface area contributed by atoms with Gasteiger partial charge in [0.2, 0.25) is 0 Å². The highest BCUT2D eigenvalue weighted by atomic mass is 16.5. The molecular formula is C17H17N3O3. The summed E-state index contributed by atoms with van der Waals surface area (Å²) in [7, 11) is 0. The summed E-state index contributed by atoms with van der Waals surface area (Å²) in [6.07, 6.45) is 0.608. The van der Waals surface area contributed by atoms with Gasteiger partial charge < -0.3 is 20.1 Å². The minimum Gasteiger partial charge on any atom is -0.504 e. The summed E-state index contributed by atoms with van der Waals surface area (Å²) in [4.78, 5) is 19.4. The van der Waals surface area contributed by atoms with Gasteiger partial charge in [-0.05, 0) is 24.3 Å². The second-order valence-electron chi connectivity index (χ2n) is 5.06. The number of rotatable bonds is 6. The summed E-state index contributed by atoms with van der Waals surface area (Å²) in [5.74, 6) is 0.889. The number of nitrogens with one attached hydrogen (secondary N) is 2. The number of para-hydroxylation sites is 4. The van der Waals surface area contributed by atoms with Gasteiger partial charge in [0.05, 0.1) is 11.0 Å². The maximum absolute atomic E-state index is 11.7. The molecule has 1 amide bonds. The van der Waals surface area contributed by atoms with Gasteiger partial charge in [0.1, 0.15) is 5.82 Å². The molecule has 6 heteroatoms. The Kier molecular flexibility index (Phi) is 4.42. The Balaban J connectivity index is 1.45. The number of aromatic amines is 1. The predicted octanol–water partition coefficient (Wildman–Crippen LogP) is 2.01. The first-order valence-corrected chi connectivity index (χ1v) is 7.33. The Bertz CT molecular complexity index is 780. The molecule has 0 spiro atoms. The maximum Gasteiger partial charge on any atom is 0.257 e. The van der Waals surface area contributed by atoms with Crippen molar-refractivity contribution in [3.05, 3.63) is 54.4 Å². The van der Waals surface area contributed by atoms with Gasteiger partial charge in [-0.2, -0.15) is 0 Å². The first-order valence-electron chi connectivity index (χ1n) is 7.33. The molecule has 3 N–H and O–H groups in total. The van der Waals surface area contributed by atoms with Gasteiger partial charge in [-0.1, -0.05) is 24.3 Å². The van der Waals surface area contributed by atoms with Crippen molar-refractivity contribution in [1.82, 2.24) is 15.3 Å². The molecule has 0 saturated heterocycles. The lowest BCUT2D eigenvalue weighted by Gasteiger charge is -2.08. The average molecular weight is 311 g/mol. The van der Waals surface area contributed by atoms with Crippen molar-refractivity contribution in [3.8, 4) is 11.5 Å². The fourth-order valence-corrected chi connectivity index (χ4v) is 2.22. The molecule has 0 bridgehead atoms. The third-order valence-corrected chi connectivity index (χ3v) is 3.35. The molecule has 23 heavy (non-hydrogen) atoms. The minimum atomic E-state index is -0.246. The molecule has 0 unspecified atom stereocenters. The van der Waals surface area contributed by atoms with Crippen molar-refractivity contribution in [1.29, 1.82) is 0 Å². The van der Waals surface area contributed by atoms with Gasteiger partial charge in [0.25, 0.3) is 5.91 Å². The van der Waals surface area contributed by atoms with Crippen molar-refractivity contribution < 1.29 is 14.6 Å². The molecule has 2 aromatic carbocycles. The van der Waals surface area contributed by atoms with E-state index < -0.39 is 0 Å². The van der Waals surface area contributed by atoms with Gasteiger partial charge in [-0.3, -0.25) is 4.79 Å². The SMILES string of the molecule is O=C(COc1ccccc1O)NCCc1nc2ccccc2[nH]1. The van der Waals surface area contributed by atoms with E-state index in [4.69, 9.17) is 4.74 Å². The lowest BCUT2D eigenvalue weighted by atomic mass is 10.3. The number of phenols is 1. The van der Waals surface area contributed by atoms with Crippen LogP contribution in [0.5, 0.6) is 11.5 Å². The summed E-state index contributed by atoms with van der Waals surface area (Å²) in [6.45, 7) is 0.320. The molecule has 0 radical (unpaired) electrons. The van der Waals surface area contributed by atoms with Crippen LogP contribution >= 0.6 is 0 Å². The standard InChI is InChI=1S/C17H17N3O3/c21-14-7-3-4-8-15(14)23-11-17(22)18-10-9-16-19-12-5-1-2-6-13(12)20-16/h1-8,21H,9-11H2,(H,18,22)(H,19,20). The number of aromatic nitrogens is 2. The van der Waals surface area contributed by atoms with E-state index in [9.17, 15) is 9.90 Å². The summed E-state index contributed by atoms with van der Waals surface area (Å²) >= 11 is 0. The van der Waals surface area contributed by atoms with E-state index in [1.54, 1.807) is 18.2 Å². The quantitative estimate of drug-likeness (QED) is 0.650. The Labute approximate surface area is 133 Å². The van der Waals surface area contributed by atoms with E-state index in [1.165, 1.54) is 6.07 Å². The number of aromatic hydroxyl groups is 1. The third-order valence-electron chi connectivity index (χ3n) is 3.35. The molecule has 0 atom stereocenters. The number of nitrogens with zero attached hydrogens (tertiary/aromatic N) is 1. The summed E-state index contributed by atoms with van der Waals surface area (Å²) < 4.78 is 5.26. The Morgan fingerprint density at radius 3 is 2.78 bits per heavy atom. The van der Waals surface area contributed by atoms with Crippen LogP contribution in [0.4, 0.5) is 0 Å². The summed E-state index contributed by atoms with van der Waals surface area (Å²) in [5.41, 5.74) is 1.90. The number of benzene rings is 2. The smallest absolute Gasteiger partial charge is 0.257 e. The van der Waals surface area contributed by atoms with Gasteiger partial charge >= 0.3 is 0 Å². The molecule has 0 saturated carbocycles. The van der Waals surface area contributed by atoms with Crippen LogP contribution < -0.4 is 10.1 Å². The third kappa shape index (κ3) is 3.79. The molecule has 3 aromatic rings. The fourth-order valence-electron chi connectivity index (χ4n) is 2.22. The Hall–Kier alpha value is -3.02. The lowest BCUT2D eigenvalue weighted by molar-refractivity contribution is -0.123. The molecule has 0 aliphatic rings. The number of fused-ring (bicyclic) bond motifs is 1.